The Bertz CT molecular complexity index is 751. The number of nitrogens with zero attached hydrogens (tertiary/aromatic N) is 1. The SMILES string of the molecule is CC(C)CNC(=O)NC(=O)COC(=O)c1ccc(Cl)c(N2CCCC2=O)c1. The highest BCUT2D eigenvalue weighted by molar-refractivity contribution is 6.34. The van der Waals surface area contributed by atoms with Crippen LogP contribution in [0.5, 0.6) is 0 Å². The molecule has 2 N–H and O–H groups in total. The number of imide groups is 1. The van der Waals surface area contributed by atoms with Crippen molar-refractivity contribution in [2.45, 2.75) is 26.7 Å². The maximum Gasteiger partial charge on any atom is 0.338 e. The van der Waals surface area contributed by atoms with E-state index < -0.39 is 24.5 Å². The number of carbonyl (C=O) groups excluding carboxylic acids is 4. The molecule has 0 aliphatic carbocycles. The number of hydrogen-bond donors (Lipinski definition) is 2. The Hall–Kier alpha value is -2.61. The van der Waals surface area contributed by atoms with Crippen LogP contribution in [0.15, 0.2) is 18.2 Å². The van der Waals surface area contributed by atoms with E-state index in [9.17, 15) is 19.2 Å². The Morgan fingerprint density at radius 2 is 2.04 bits per heavy atom. The first-order chi connectivity index (χ1) is 12.8. The van der Waals surface area contributed by atoms with Crippen LogP contribution in [0.25, 0.3) is 0 Å². The number of hydrogen-bond acceptors (Lipinski definition) is 5. The van der Waals surface area contributed by atoms with E-state index in [1.54, 1.807) is 0 Å². The lowest BCUT2D eigenvalue weighted by atomic mass is 10.2. The van der Waals surface area contributed by atoms with Gasteiger partial charge in [-0.1, -0.05) is 25.4 Å². The molecule has 8 nitrogen and oxygen atoms in total. The Balaban J connectivity index is 1.91. The Labute approximate surface area is 162 Å². The van der Waals surface area contributed by atoms with Crippen LogP contribution in [0.3, 0.4) is 0 Å². The summed E-state index contributed by atoms with van der Waals surface area (Å²) in [7, 11) is 0. The number of benzene rings is 1. The maximum absolute atomic E-state index is 12.2. The van der Waals surface area contributed by atoms with Crippen LogP contribution in [0.2, 0.25) is 5.02 Å². The van der Waals surface area contributed by atoms with Crippen LogP contribution in [-0.2, 0) is 14.3 Å². The summed E-state index contributed by atoms with van der Waals surface area (Å²) in [5.74, 6) is -1.31. The van der Waals surface area contributed by atoms with Crippen molar-refractivity contribution in [2.75, 3.05) is 24.6 Å². The number of anilines is 1. The molecule has 4 amide bonds. The second kappa shape index (κ2) is 9.36. The predicted octanol–water partition coefficient (Wildman–Crippen LogP) is 2.11. The number of esters is 1. The van der Waals surface area contributed by atoms with Crippen molar-refractivity contribution in [3.63, 3.8) is 0 Å². The van der Waals surface area contributed by atoms with Gasteiger partial charge in [0.15, 0.2) is 6.61 Å². The minimum atomic E-state index is -0.752. The molecule has 1 saturated heterocycles. The van der Waals surface area contributed by atoms with Gasteiger partial charge in [-0.3, -0.25) is 14.9 Å². The second-order valence-corrected chi connectivity index (χ2v) is 6.95. The minimum absolute atomic E-state index is 0.0609. The summed E-state index contributed by atoms with van der Waals surface area (Å²) in [6.45, 7) is 4.18. The van der Waals surface area contributed by atoms with E-state index in [-0.39, 0.29) is 17.4 Å². The van der Waals surface area contributed by atoms with Crippen LogP contribution in [0.4, 0.5) is 10.5 Å². The minimum Gasteiger partial charge on any atom is -0.452 e. The lowest BCUT2D eigenvalue weighted by Gasteiger charge is -2.18. The fraction of sp³-hybridized carbons (Fsp3) is 0.444. The summed E-state index contributed by atoms with van der Waals surface area (Å²) in [6, 6.07) is 3.76. The van der Waals surface area contributed by atoms with Crippen molar-refractivity contribution < 1.29 is 23.9 Å². The largest absolute Gasteiger partial charge is 0.452 e. The van der Waals surface area contributed by atoms with Gasteiger partial charge in [0.2, 0.25) is 5.91 Å². The van der Waals surface area contributed by atoms with E-state index in [0.717, 1.165) is 6.42 Å². The van der Waals surface area contributed by atoms with Gasteiger partial charge in [0.25, 0.3) is 5.91 Å². The van der Waals surface area contributed by atoms with Crippen LogP contribution < -0.4 is 15.5 Å². The van der Waals surface area contributed by atoms with Gasteiger partial charge in [-0.15, -0.1) is 0 Å². The number of ether oxygens (including phenoxy) is 1. The second-order valence-electron chi connectivity index (χ2n) is 6.54. The number of halogens is 1. The third-order valence-corrected chi connectivity index (χ3v) is 4.12. The highest BCUT2D eigenvalue weighted by Gasteiger charge is 2.25. The maximum atomic E-state index is 12.2. The summed E-state index contributed by atoms with van der Waals surface area (Å²) in [5, 5.41) is 4.94. The Kier molecular flexibility index (Phi) is 7.18. The van der Waals surface area contributed by atoms with E-state index in [1.165, 1.54) is 23.1 Å². The molecule has 0 aromatic heterocycles. The van der Waals surface area contributed by atoms with Crippen LogP contribution >= 0.6 is 11.6 Å². The molecule has 0 saturated carbocycles. The molecule has 1 aliphatic heterocycles. The van der Waals surface area contributed by atoms with E-state index in [1.807, 2.05) is 13.8 Å². The molecule has 0 atom stereocenters. The Morgan fingerprint density at radius 1 is 1.30 bits per heavy atom. The molecule has 0 spiro atoms. The van der Waals surface area contributed by atoms with Crippen LogP contribution in [0, 0.1) is 5.92 Å². The predicted molar refractivity (Wildman–Crippen MR) is 99.7 cm³/mol. The average molecular weight is 396 g/mol. The van der Waals surface area contributed by atoms with Gasteiger partial charge < -0.3 is 15.0 Å². The molecule has 1 heterocycles. The van der Waals surface area contributed by atoms with Crippen LogP contribution in [0.1, 0.15) is 37.0 Å². The van der Waals surface area contributed by atoms with E-state index >= 15 is 0 Å². The van der Waals surface area contributed by atoms with Crippen LogP contribution in [-0.4, -0.2) is 43.5 Å². The third kappa shape index (κ3) is 5.96. The summed E-state index contributed by atoms with van der Waals surface area (Å²) < 4.78 is 4.92. The molecule has 1 aliphatic rings. The zero-order valence-electron chi connectivity index (χ0n) is 15.2. The standard InChI is InChI=1S/C18H22ClN3O5/c1-11(2)9-20-18(26)21-15(23)10-27-17(25)12-5-6-13(19)14(8-12)22-7-3-4-16(22)24/h5-6,8,11H,3-4,7,9-10H2,1-2H3,(H2,20,21,23,26). The van der Waals surface area contributed by atoms with Gasteiger partial charge >= 0.3 is 12.0 Å². The topological polar surface area (TPSA) is 105 Å². The van der Waals surface area contributed by atoms with Gasteiger partial charge in [0.1, 0.15) is 0 Å². The van der Waals surface area contributed by atoms with Crippen molar-refractivity contribution in [1.29, 1.82) is 0 Å². The quantitative estimate of drug-likeness (QED) is 0.718. The molecule has 1 aromatic carbocycles. The summed E-state index contributed by atoms with van der Waals surface area (Å²) in [6.07, 6.45) is 1.16. The van der Waals surface area contributed by atoms with E-state index in [4.69, 9.17) is 16.3 Å². The molecular formula is C18H22ClN3O5. The highest BCUT2D eigenvalue weighted by atomic mass is 35.5. The number of carbonyl (C=O) groups is 4. The summed E-state index contributed by atoms with van der Waals surface area (Å²) in [5.41, 5.74) is 0.595. The van der Waals surface area contributed by atoms with E-state index in [2.05, 4.69) is 10.6 Å². The van der Waals surface area contributed by atoms with Gasteiger partial charge in [0, 0.05) is 19.5 Å². The molecule has 27 heavy (non-hydrogen) atoms. The fourth-order valence-electron chi connectivity index (χ4n) is 2.47. The van der Waals surface area contributed by atoms with Crippen molar-refractivity contribution in [2.24, 2.45) is 5.92 Å². The fourth-order valence-corrected chi connectivity index (χ4v) is 2.69. The van der Waals surface area contributed by atoms with Crippen molar-refractivity contribution >= 4 is 41.1 Å². The van der Waals surface area contributed by atoms with Crippen molar-refractivity contribution in [1.82, 2.24) is 10.6 Å². The number of rotatable bonds is 6. The van der Waals surface area contributed by atoms with E-state index in [0.29, 0.717) is 30.2 Å². The first-order valence-corrected chi connectivity index (χ1v) is 9.00. The molecule has 0 unspecified atom stereocenters. The molecular weight excluding hydrogens is 374 g/mol. The first-order valence-electron chi connectivity index (χ1n) is 8.62. The number of nitrogens with one attached hydrogen (secondary N) is 2. The summed E-state index contributed by atoms with van der Waals surface area (Å²) in [4.78, 5) is 48.7. The zero-order valence-corrected chi connectivity index (χ0v) is 16.0. The third-order valence-electron chi connectivity index (χ3n) is 3.80. The molecule has 146 valence electrons. The molecule has 2 rings (SSSR count). The summed E-state index contributed by atoms with van der Waals surface area (Å²) >= 11 is 6.13. The average Bonchev–Trinajstić information content (AvgIpc) is 3.04. The highest BCUT2D eigenvalue weighted by Crippen LogP contribution is 2.30. The molecule has 9 heteroatoms. The molecule has 1 aromatic rings. The number of urea groups is 1. The van der Waals surface area contributed by atoms with Crippen molar-refractivity contribution in [3.8, 4) is 0 Å². The molecule has 0 bridgehead atoms. The normalized spacial score (nSPS) is 13.6. The smallest absolute Gasteiger partial charge is 0.338 e. The van der Waals surface area contributed by atoms with Gasteiger partial charge in [-0.05, 0) is 30.5 Å². The molecule has 0 radical (unpaired) electrons. The lowest BCUT2D eigenvalue weighted by molar-refractivity contribution is -0.123. The first kappa shape index (κ1) is 20.7. The Morgan fingerprint density at radius 3 is 2.67 bits per heavy atom. The van der Waals surface area contributed by atoms with Crippen molar-refractivity contribution in [3.05, 3.63) is 28.8 Å². The van der Waals surface area contributed by atoms with Gasteiger partial charge in [-0.2, -0.15) is 0 Å². The molecule has 1 fully saturated rings. The lowest BCUT2D eigenvalue weighted by Crippen LogP contribution is -2.42. The van der Waals surface area contributed by atoms with Gasteiger partial charge in [-0.25, -0.2) is 9.59 Å². The number of amides is 4. The monoisotopic (exact) mass is 395 g/mol. The van der Waals surface area contributed by atoms with Gasteiger partial charge in [0.05, 0.1) is 16.3 Å². The zero-order chi connectivity index (χ0) is 20.0.